The molecule has 2 fully saturated rings. The molecule has 2 saturated heterocycles. The van der Waals surface area contributed by atoms with Crippen LogP contribution in [0.1, 0.15) is 36.5 Å². The number of rotatable bonds is 5. The number of nitrogens with one attached hydrogen (secondary N) is 2. The zero-order chi connectivity index (χ0) is 20.5. The zero-order valence-electron chi connectivity index (χ0n) is 16.0. The first-order valence-corrected chi connectivity index (χ1v) is 9.20. The minimum absolute atomic E-state index is 0.125. The van der Waals surface area contributed by atoms with Gasteiger partial charge in [-0.05, 0) is 56.5 Å². The molecular formula is C20H24N4O4. The molecule has 0 aromatic heterocycles. The van der Waals surface area contributed by atoms with E-state index in [0.29, 0.717) is 24.2 Å². The molecular weight excluding hydrogens is 360 g/mol. The van der Waals surface area contributed by atoms with Gasteiger partial charge in [-0.1, -0.05) is 6.58 Å². The molecule has 2 heterocycles. The highest BCUT2D eigenvalue weighted by Gasteiger charge is 2.45. The fourth-order valence-corrected chi connectivity index (χ4v) is 3.77. The molecule has 1 aromatic carbocycles. The summed E-state index contributed by atoms with van der Waals surface area (Å²) in [4.78, 5) is 51.5. The number of urea groups is 1. The molecule has 148 valence electrons. The average molecular weight is 384 g/mol. The van der Waals surface area contributed by atoms with Crippen LogP contribution in [0.5, 0.6) is 0 Å². The standard InChI is InChI=1S/C20H24N4O4/c1-4-16(25)23(3)14-9-7-13(8-10-14)17(26)24-11-5-6-15(24)12-20(2)18(27)21-19(28)22-20/h4,7-10,15H,1,5-6,11-12H2,2-3H3,(H2,21,22,27,28). The highest BCUT2D eigenvalue weighted by atomic mass is 16.2. The van der Waals surface area contributed by atoms with Gasteiger partial charge in [0, 0.05) is 30.9 Å². The van der Waals surface area contributed by atoms with E-state index in [0.717, 1.165) is 12.8 Å². The van der Waals surface area contributed by atoms with Gasteiger partial charge in [0.2, 0.25) is 5.91 Å². The average Bonchev–Trinajstić information content (AvgIpc) is 3.23. The van der Waals surface area contributed by atoms with Crippen LogP contribution in [-0.2, 0) is 9.59 Å². The summed E-state index contributed by atoms with van der Waals surface area (Å²) in [5.41, 5.74) is 0.167. The summed E-state index contributed by atoms with van der Waals surface area (Å²) < 4.78 is 0. The normalized spacial score (nSPS) is 23.9. The van der Waals surface area contributed by atoms with Crippen molar-refractivity contribution >= 4 is 29.4 Å². The molecule has 8 nitrogen and oxygen atoms in total. The number of carbonyl (C=O) groups is 4. The number of hydrogen-bond donors (Lipinski definition) is 2. The molecule has 8 heteroatoms. The first kappa shape index (κ1) is 19.6. The van der Waals surface area contributed by atoms with Gasteiger partial charge in [0.05, 0.1) is 0 Å². The molecule has 28 heavy (non-hydrogen) atoms. The number of likely N-dealkylation sites (tertiary alicyclic amines) is 1. The van der Waals surface area contributed by atoms with Crippen LogP contribution in [0.15, 0.2) is 36.9 Å². The van der Waals surface area contributed by atoms with Gasteiger partial charge in [-0.15, -0.1) is 0 Å². The van der Waals surface area contributed by atoms with Crippen molar-refractivity contribution in [2.75, 3.05) is 18.5 Å². The van der Waals surface area contributed by atoms with Crippen molar-refractivity contribution in [2.45, 2.75) is 37.8 Å². The summed E-state index contributed by atoms with van der Waals surface area (Å²) in [5.74, 6) is -0.722. The van der Waals surface area contributed by atoms with Crippen LogP contribution in [0, 0.1) is 0 Å². The molecule has 2 unspecified atom stereocenters. The Bertz CT molecular complexity index is 835. The third-order valence-electron chi connectivity index (χ3n) is 5.41. The Morgan fingerprint density at radius 3 is 2.57 bits per heavy atom. The Labute approximate surface area is 163 Å². The van der Waals surface area contributed by atoms with E-state index in [9.17, 15) is 19.2 Å². The molecule has 1 aromatic rings. The number of likely N-dealkylation sites (N-methyl/N-ethyl adjacent to an activating group) is 1. The zero-order valence-corrected chi connectivity index (χ0v) is 16.0. The van der Waals surface area contributed by atoms with Gasteiger partial charge in [-0.3, -0.25) is 19.7 Å². The van der Waals surface area contributed by atoms with Gasteiger partial charge >= 0.3 is 6.03 Å². The van der Waals surface area contributed by atoms with Crippen molar-refractivity contribution in [3.05, 3.63) is 42.5 Å². The largest absolute Gasteiger partial charge is 0.336 e. The molecule has 2 aliphatic heterocycles. The number of amides is 5. The lowest BCUT2D eigenvalue weighted by atomic mass is 9.92. The molecule has 0 radical (unpaired) electrons. The maximum atomic E-state index is 13.0. The molecule has 0 bridgehead atoms. The summed E-state index contributed by atoms with van der Waals surface area (Å²) in [7, 11) is 1.64. The third kappa shape index (κ3) is 3.62. The van der Waals surface area contributed by atoms with E-state index in [2.05, 4.69) is 17.2 Å². The molecule has 3 rings (SSSR count). The molecule has 0 spiro atoms. The number of anilines is 1. The van der Waals surface area contributed by atoms with E-state index in [4.69, 9.17) is 0 Å². The summed E-state index contributed by atoms with van der Waals surface area (Å²) in [6, 6.07) is 6.16. The Morgan fingerprint density at radius 2 is 2.00 bits per heavy atom. The topological polar surface area (TPSA) is 98.8 Å². The Kier molecular flexibility index (Phi) is 5.22. The van der Waals surface area contributed by atoms with Crippen LogP contribution < -0.4 is 15.5 Å². The maximum Gasteiger partial charge on any atom is 0.322 e. The van der Waals surface area contributed by atoms with E-state index >= 15 is 0 Å². The predicted molar refractivity (Wildman–Crippen MR) is 104 cm³/mol. The smallest absolute Gasteiger partial charge is 0.322 e. The van der Waals surface area contributed by atoms with Gasteiger partial charge in [-0.2, -0.15) is 0 Å². The minimum atomic E-state index is -1.01. The monoisotopic (exact) mass is 384 g/mol. The van der Waals surface area contributed by atoms with Gasteiger partial charge in [0.25, 0.3) is 11.8 Å². The number of nitrogens with zero attached hydrogens (tertiary/aromatic N) is 2. The van der Waals surface area contributed by atoms with E-state index < -0.39 is 11.6 Å². The highest BCUT2D eigenvalue weighted by Crippen LogP contribution is 2.29. The Balaban J connectivity index is 1.72. The van der Waals surface area contributed by atoms with Crippen LogP contribution >= 0.6 is 0 Å². The van der Waals surface area contributed by atoms with E-state index in [-0.39, 0.29) is 23.8 Å². The van der Waals surface area contributed by atoms with Crippen LogP contribution in [0.4, 0.5) is 10.5 Å². The second-order valence-corrected chi connectivity index (χ2v) is 7.39. The molecule has 2 N–H and O–H groups in total. The fraction of sp³-hybridized carbons (Fsp3) is 0.400. The number of benzene rings is 1. The maximum absolute atomic E-state index is 13.0. The number of hydrogen-bond acceptors (Lipinski definition) is 4. The van der Waals surface area contributed by atoms with Crippen LogP contribution in [-0.4, -0.2) is 53.8 Å². The number of carbonyl (C=O) groups excluding carboxylic acids is 4. The first-order valence-electron chi connectivity index (χ1n) is 9.20. The van der Waals surface area contributed by atoms with Crippen molar-refractivity contribution in [3.63, 3.8) is 0 Å². The number of imide groups is 1. The van der Waals surface area contributed by atoms with Crippen LogP contribution in [0.3, 0.4) is 0 Å². The third-order valence-corrected chi connectivity index (χ3v) is 5.41. The van der Waals surface area contributed by atoms with Crippen molar-refractivity contribution in [3.8, 4) is 0 Å². The lowest BCUT2D eigenvalue weighted by Crippen LogP contribution is -2.49. The van der Waals surface area contributed by atoms with Gasteiger partial charge in [0.15, 0.2) is 0 Å². The van der Waals surface area contributed by atoms with Crippen LogP contribution in [0.2, 0.25) is 0 Å². The lowest BCUT2D eigenvalue weighted by Gasteiger charge is -2.31. The summed E-state index contributed by atoms with van der Waals surface area (Å²) in [6.45, 7) is 5.74. The second kappa shape index (κ2) is 7.46. The molecule has 2 atom stereocenters. The van der Waals surface area contributed by atoms with E-state index in [1.165, 1.54) is 11.0 Å². The van der Waals surface area contributed by atoms with Gasteiger partial charge in [-0.25, -0.2) is 4.79 Å². The van der Waals surface area contributed by atoms with Gasteiger partial charge < -0.3 is 15.1 Å². The predicted octanol–water partition coefficient (Wildman–Crippen LogP) is 1.43. The SMILES string of the molecule is C=CC(=O)N(C)c1ccc(C(=O)N2CCCC2CC2(C)NC(=O)NC2=O)cc1. The lowest BCUT2D eigenvalue weighted by molar-refractivity contribution is -0.124. The quantitative estimate of drug-likeness (QED) is 0.593. The van der Waals surface area contributed by atoms with E-state index in [1.54, 1.807) is 43.1 Å². The summed E-state index contributed by atoms with van der Waals surface area (Å²) in [5, 5.41) is 4.92. The van der Waals surface area contributed by atoms with Crippen molar-refractivity contribution < 1.29 is 19.2 Å². The second-order valence-electron chi connectivity index (χ2n) is 7.39. The Morgan fingerprint density at radius 1 is 1.32 bits per heavy atom. The first-order chi connectivity index (χ1) is 13.2. The fourth-order valence-electron chi connectivity index (χ4n) is 3.77. The molecule has 2 aliphatic rings. The van der Waals surface area contributed by atoms with Crippen molar-refractivity contribution in [2.24, 2.45) is 0 Å². The van der Waals surface area contributed by atoms with Gasteiger partial charge in [0.1, 0.15) is 5.54 Å². The van der Waals surface area contributed by atoms with Crippen molar-refractivity contribution in [1.82, 2.24) is 15.5 Å². The summed E-state index contributed by atoms with van der Waals surface area (Å²) >= 11 is 0. The minimum Gasteiger partial charge on any atom is -0.336 e. The van der Waals surface area contributed by atoms with Crippen molar-refractivity contribution in [1.29, 1.82) is 0 Å². The van der Waals surface area contributed by atoms with E-state index in [1.807, 2.05) is 0 Å². The Hall–Kier alpha value is -3.16. The molecule has 0 saturated carbocycles. The molecule has 0 aliphatic carbocycles. The summed E-state index contributed by atoms with van der Waals surface area (Å²) in [6.07, 6.45) is 3.22. The highest BCUT2D eigenvalue weighted by molar-refractivity contribution is 6.07. The molecule has 5 amide bonds. The van der Waals surface area contributed by atoms with Crippen LogP contribution in [0.25, 0.3) is 0 Å².